The molecule has 0 atom stereocenters. The van der Waals surface area contributed by atoms with Gasteiger partial charge in [0.15, 0.2) is 0 Å². The first kappa shape index (κ1) is 10.7. The molecule has 4 nitrogen and oxygen atoms in total. The summed E-state index contributed by atoms with van der Waals surface area (Å²) in [6, 6.07) is 2.02. The van der Waals surface area contributed by atoms with Crippen LogP contribution in [0.4, 0.5) is 5.95 Å². The molecule has 2 rings (SSSR count). The van der Waals surface area contributed by atoms with Crippen molar-refractivity contribution in [3.05, 3.63) is 11.8 Å². The zero-order valence-electron chi connectivity index (χ0n) is 9.16. The Morgan fingerprint density at radius 3 is 2.73 bits per heavy atom. The fourth-order valence-corrected chi connectivity index (χ4v) is 2.10. The van der Waals surface area contributed by atoms with Gasteiger partial charge in [-0.1, -0.05) is 0 Å². The molecule has 15 heavy (non-hydrogen) atoms. The number of aromatic nitrogens is 2. The largest absolute Gasteiger partial charge is 0.338 e. The Morgan fingerprint density at radius 1 is 1.33 bits per heavy atom. The standard InChI is InChI=1S/C10H16N4S/c1-8-7-9(15-2)13-10(12-8)14-5-3-11-4-6-14/h7,11H,3-6H2,1-2H3. The first-order chi connectivity index (χ1) is 7.29. The van der Waals surface area contributed by atoms with E-state index in [1.165, 1.54) is 0 Å². The Balaban J connectivity index is 2.22. The van der Waals surface area contributed by atoms with Crippen LogP contribution in [0, 0.1) is 6.92 Å². The summed E-state index contributed by atoms with van der Waals surface area (Å²) in [5.41, 5.74) is 1.04. The molecule has 1 saturated heterocycles. The lowest BCUT2D eigenvalue weighted by Crippen LogP contribution is -2.44. The van der Waals surface area contributed by atoms with Gasteiger partial charge in [-0.3, -0.25) is 0 Å². The van der Waals surface area contributed by atoms with Gasteiger partial charge < -0.3 is 10.2 Å². The van der Waals surface area contributed by atoms with Gasteiger partial charge in [-0.25, -0.2) is 9.97 Å². The van der Waals surface area contributed by atoms with Crippen molar-refractivity contribution in [2.24, 2.45) is 0 Å². The van der Waals surface area contributed by atoms with E-state index in [2.05, 4.69) is 20.2 Å². The summed E-state index contributed by atoms with van der Waals surface area (Å²) in [6.07, 6.45) is 2.04. The molecule has 82 valence electrons. The quantitative estimate of drug-likeness (QED) is 0.597. The maximum Gasteiger partial charge on any atom is 0.226 e. The molecule has 0 saturated carbocycles. The van der Waals surface area contributed by atoms with Gasteiger partial charge in [-0.2, -0.15) is 0 Å². The monoisotopic (exact) mass is 224 g/mol. The second-order valence-corrected chi connectivity index (χ2v) is 4.42. The van der Waals surface area contributed by atoms with Crippen LogP contribution in [0.1, 0.15) is 5.69 Å². The van der Waals surface area contributed by atoms with E-state index in [0.29, 0.717) is 0 Å². The minimum atomic E-state index is 0.876. The number of thioether (sulfide) groups is 1. The summed E-state index contributed by atoms with van der Waals surface area (Å²) >= 11 is 1.67. The zero-order chi connectivity index (χ0) is 10.7. The minimum Gasteiger partial charge on any atom is -0.338 e. The zero-order valence-corrected chi connectivity index (χ0v) is 9.97. The summed E-state index contributed by atoms with van der Waals surface area (Å²) in [6.45, 7) is 6.06. The van der Waals surface area contributed by atoms with Crippen LogP contribution in [0.3, 0.4) is 0 Å². The van der Waals surface area contributed by atoms with E-state index in [0.717, 1.165) is 42.8 Å². The molecular formula is C10H16N4S. The minimum absolute atomic E-state index is 0.876. The molecule has 1 aliphatic heterocycles. The molecule has 0 spiro atoms. The van der Waals surface area contributed by atoms with Crippen molar-refractivity contribution in [1.29, 1.82) is 0 Å². The first-order valence-electron chi connectivity index (χ1n) is 5.15. The molecule has 1 aromatic heterocycles. The highest BCUT2D eigenvalue weighted by Crippen LogP contribution is 2.17. The second kappa shape index (κ2) is 4.81. The van der Waals surface area contributed by atoms with Gasteiger partial charge in [0.05, 0.1) is 0 Å². The Labute approximate surface area is 94.5 Å². The molecule has 0 bridgehead atoms. The molecule has 1 aliphatic rings. The maximum atomic E-state index is 4.53. The van der Waals surface area contributed by atoms with Gasteiger partial charge in [0.25, 0.3) is 0 Å². The van der Waals surface area contributed by atoms with Crippen LogP contribution in [0.2, 0.25) is 0 Å². The van der Waals surface area contributed by atoms with E-state index in [1.807, 2.05) is 19.2 Å². The van der Waals surface area contributed by atoms with E-state index >= 15 is 0 Å². The molecule has 0 aliphatic carbocycles. The predicted octanol–water partition coefficient (Wildman–Crippen LogP) is 0.917. The number of nitrogens with one attached hydrogen (secondary N) is 1. The van der Waals surface area contributed by atoms with Gasteiger partial charge in [-0.05, 0) is 19.2 Å². The third-order valence-electron chi connectivity index (χ3n) is 2.43. The van der Waals surface area contributed by atoms with Crippen LogP contribution < -0.4 is 10.2 Å². The second-order valence-electron chi connectivity index (χ2n) is 3.59. The van der Waals surface area contributed by atoms with E-state index in [1.54, 1.807) is 11.8 Å². The number of rotatable bonds is 2. The lowest BCUT2D eigenvalue weighted by Gasteiger charge is -2.27. The Kier molecular flexibility index (Phi) is 3.43. The fraction of sp³-hybridized carbons (Fsp3) is 0.600. The Hall–Kier alpha value is -0.810. The summed E-state index contributed by atoms with van der Waals surface area (Å²) < 4.78 is 0. The molecule has 0 unspecified atom stereocenters. The molecule has 1 fully saturated rings. The molecular weight excluding hydrogens is 208 g/mol. The molecule has 1 aromatic rings. The maximum absolute atomic E-state index is 4.53. The lowest BCUT2D eigenvalue weighted by molar-refractivity contribution is 0.577. The number of nitrogens with zero attached hydrogens (tertiary/aromatic N) is 3. The third-order valence-corrected chi connectivity index (χ3v) is 3.06. The van der Waals surface area contributed by atoms with Crippen LogP contribution in [0.5, 0.6) is 0 Å². The van der Waals surface area contributed by atoms with Crippen LogP contribution in [0.25, 0.3) is 0 Å². The molecule has 0 aromatic carbocycles. The third kappa shape index (κ3) is 2.60. The number of aryl methyl sites for hydroxylation is 1. The van der Waals surface area contributed by atoms with Gasteiger partial charge in [0, 0.05) is 31.9 Å². The van der Waals surface area contributed by atoms with Crippen molar-refractivity contribution in [1.82, 2.24) is 15.3 Å². The normalized spacial score (nSPS) is 16.8. The van der Waals surface area contributed by atoms with Crippen molar-refractivity contribution < 1.29 is 0 Å². The number of hydrogen-bond donors (Lipinski definition) is 1. The van der Waals surface area contributed by atoms with Gasteiger partial charge in [0.1, 0.15) is 5.03 Å². The van der Waals surface area contributed by atoms with Gasteiger partial charge >= 0.3 is 0 Å². The van der Waals surface area contributed by atoms with E-state index in [-0.39, 0.29) is 0 Å². The highest BCUT2D eigenvalue weighted by atomic mass is 32.2. The summed E-state index contributed by atoms with van der Waals surface area (Å²) in [7, 11) is 0. The summed E-state index contributed by atoms with van der Waals surface area (Å²) in [5.74, 6) is 0.876. The average Bonchev–Trinajstić information content (AvgIpc) is 2.29. The lowest BCUT2D eigenvalue weighted by atomic mass is 10.4. The summed E-state index contributed by atoms with van der Waals surface area (Å²) in [4.78, 5) is 11.2. The number of anilines is 1. The summed E-state index contributed by atoms with van der Waals surface area (Å²) in [5, 5.41) is 4.38. The molecule has 1 N–H and O–H groups in total. The van der Waals surface area contributed by atoms with E-state index < -0.39 is 0 Å². The van der Waals surface area contributed by atoms with E-state index in [9.17, 15) is 0 Å². The van der Waals surface area contributed by atoms with E-state index in [4.69, 9.17) is 0 Å². The Bertz CT molecular complexity index is 336. The highest BCUT2D eigenvalue weighted by Gasteiger charge is 2.13. The van der Waals surface area contributed by atoms with Crippen molar-refractivity contribution in [2.45, 2.75) is 11.9 Å². The van der Waals surface area contributed by atoms with Crippen LogP contribution in [0.15, 0.2) is 11.1 Å². The van der Waals surface area contributed by atoms with Crippen molar-refractivity contribution in [2.75, 3.05) is 37.3 Å². The van der Waals surface area contributed by atoms with Crippen LogP contribution in [-0.2, 0) is 0 Å². The fourth-order valence-electron chi connectivity index (χ4n) is 1.64. The topological polar surface area (TPSA) is 41.1 Å². The average molecular weight is 224 g/mol. The number of hydrogen-bond acceptors (Lipinski definition) is 5. The smallest absolute Gasteiger partial charge is 0.226 e. The number of piperazine rings is 1. The first-order valence-corrected chi connectivity index (χ1v) is 6.37. The highest BCUT2D eigenvalue weighted by molar-refractivity contribution is 7.98. The van der Waals surface area contributed by atoms with Crippen molar-refractivity contribution in [3.8, 4) is 0 Å². The Morgan fingerprint density at radius 2 is 2.07 bits per heavy atom. The molecule has 5 heteroatoms. The van der Waals surface area contributed by atoms with Gasteiger partial charge in [-0.15, -0.1) is 11.8 Å². The predicted molar refractivity (Wildman–Crippen MR) is 63.6 cm³/mol. The molecule has 2 heterocycles. The van der Waals surface area contributed by atoms with Gasteiger partial charge in [0.2, 0.25) is 5.95 Å². The molecule has 0 amide bonds. The van der Waals surface area contributed by atoms with Crippen LogP contribution in [-0.4, -0.2) is 42.4 Å². The van der Waals surface area contributed by atoms with Crippen molar-refractivity contribution >= 4 is 17.7 Å². The SMILES string of the molecule is CSc1cc(C)nc(N2CCNCC2)n1. The molecule has 0 radical (unpaired) electrons. The van der Waals surface area contributed by atoms with Crippen LogP contribution >= 0.6 is 11.8 Å². The van der Waals surface area contributed by atoms with Crippen molar-refractivity contribution in [3.63, 3.8) is 0 Å².